The Morgan fingerprint density at radius 3 is 2.77 bits per heavy atom. The topological polar surface area (TPSA) is 63.2 Å². The molecule has 22 heavy (non-hydrogen) atoms. The number of anilines is 2. The minimum atomic E-state index is -0.163. The fraction of sp³-hybridized carbons (Fsp3) is 0.294. The predicted octanol–water partition coefficient (Wildman–Crippen LogP) is 3.36. The van der Waals surface area contributed by atoms with Gasteiger partial charge in [0.25, 0.3) is 5.91 Å². The smallest absolute Gasteiger partial charge is 0.270 e. The first-order valence-electron chi connectivity index (χ1n) is 7.30. The van der Waals surface area contributed by atoms with Crippen LogP contribution in [0.25, 0.3) is 0 Å². The standard InChI is InChI=1S/C17H21N3O2/c1-4-12(2)19-17(21)16-11-14(8-9-18-16)20-13-6-5-7-15(10-13)22-3/h5-12H,4H2,1-3H3,(H,18,20)(H,19,21). The zero-order chi connectivity index (χ0) is 15.9. The molecular formula is C17H21N3O2. The van der Waals surface area contributed by atoms with Crippen LogP contribution in [-0.2, 0) is 0 Å². The summed E-state index contributed by atoms with van der Waals surface area (Å²) in [4.78, 5) is 16.2. The average molecular weight is 299 g/mol. The zero-order valence-corrected chi connectivity index (χ0v) is 13.1. The van der Waals surface area contributed by atoms with Crippen LogP contribution in [0.4, 0.5) is 11.4 Å². The van der Waals surface area contributed by atoms with Crippen molar-refractivity contribution in [1.82, 2.24) is 10.3 Å². The summed E-state index contributed by atoms with van der Waals surface area (Å²) in [6.45, 7) is 4.00. The van der Waals surface area contributed by atoms with Gasteiger partial charge in [0.2, 0.25) is 0 Å². The minimum Gasteiger partial charge on any atom is -0.497 e. The highest BCUT2D eigenvalue weighted by Gasteiger charge is 2.10. The Balaban J connectivity index is 2.12. The summed E-state index contributed by atoms with van der Waals surface area (Å²) in [7, 11) is 1.63. The Labute approximate surface area is 130 Å². The van der Waals surface area contributed by atoms with Crippen molar-refractivity contribution in [3.8, 4) is 5.75 Å². The minimum absolute atomic E-state index is 0.129. The van der Waals surface area contributed by atoms with Crippen molar-refractivity contribution in [1.29, 1.82) is 0 Å². The highest BCUT2D eigenvalue weighted by atomic mass is 16.5. The van der Waals surface area contributed by atoms with E-state index >= 15 is 0 Å². The molecule has 1 unspecified atom stereocenters. The van der Waals surface area contributed by atoms with E-state index in [1.165, 1.54) is 0 Å². The maximum Gasteiger partial charge on any atom is 0.270 e. The van der Waals surface area contributed by atoms with Gasteiger partial charge in [-0.15, -0.1) is 0 Å². The van der Waals surface area contributed by atoms with Gasteiger partial charge in [-0.1, -0.05) is 13.0 Å². The first-order chi connectivity index (χ1) is 10.6. The van der Waals surface area contributed by atoms with E-state index < -0.39 is 0 Å². The van der Waals surface area contributed by atoms with Crippen molar-refractivity contribution < 1.29 is 9.53 Å². The van der Waals surface area contributed by atoms with E-state index in [2.05, 4.69) is 15.6 Å². The van der Waals surface area contributed by atoms with Crippen molar-refractivity contribution in [3.05, 3.63) is 48.3 Å². The molecule has 1 heterocycles. The third kappa shape index (κ3) is 4.22. The number of methoxy groups -OCH3 is 1. The lowest BCUT2D eigenvalue weighted by atomic mass is 10.2. The number of rotatable bonds is 6. The Morgan fingerprint density at radius 2 is 2.05 bits per heavy atom. The molecule has 2 rings (SSSR count). The number of ether oxygens (including phenoxy) is 1. The van der Waals surface area contributed by atoms with Crippen molar-refractivity contribution in [2.24, 2.45) is 0 Å². The Morgan fingerprint density at radius 1 is 1.27 bits per heavy atom. The van der Waals surface area contributed by atoms with Gasteiger partial charge in [0.15, 0.2) is 0 Å². The highest BCUT2D eigenvalue weighted by molar-refractivity contribution is 5.93. The maximum absolute atomic E-state index is 12.1. The van der Waals surface area contributed by atoms with Crippen molar-refractivity contribution in [3.63, 3.8) is 0 Å². The van der Waals surface area contributed by atoms with Crippen LogP contribution in [0.15, 0.2) is 42.6 Å². The molecule has 2 aromatic rings. The molecule has 5 nitrogen and oxygen atoms in total. The molecule has 0 aliphatic rings. The second-order valence-electron chi connectivity index (χ2n) is 5.07. The second kappa shape index (κ2) is 7.45. The Hall–Kier alpha value is -2.56. The van der Waals surface area contributed by atoms with Gasteiger partial charge in [0, 0.05) is 29.7 Å². The highest BCUT2D eigenvalue weighted by Crippen LogP contribution is 2.21. The van der Waals surface area contributed by atoms with Crippen LogP contribution in [0.5, 0.6) is 5.75 Å². The molecule has 1 aromatic heterocycles. The molecule has 0 fully saturated rings. The van der Waals surface area contributed by atoms with Crippen LogP contribution < -0.4 is 15.4 Å². The number of pyridine rings is 1. The number of benzene rings is 1. The monoisotopic (exact) mass is 299 g/mol. The molecule has 1 amide bonds. The number of nitrogens with zero attached hydrogens (tertiary/aromatic N) is 1. The molecule has 0 saturated heterocycles. The molecule has 0 aliphatic heterocycles. The summed E-state index contributed by atoms with van der Waals surface area (Å²) in [6.07, 6.45) is 2.50. The summed E-state index contributed by atoms with van der Waals surface area (Å²) >= 11 is 0. The number of carbonyl (C=O) groups excluding carboxylic acids is 1. The summed E-state index contributed by atoms with van der Waals surface area (Å²) in [6, 6.07) is 11.3. The molecule has 0 saturated carbocycles. The van der Waals surface area contributed by atoms with E-state index in [0.29, 0.717) is 5.69 Å². The van der Waals surface area contributed by atoms with E-state index in [4.69, 9.17) is 4.74 Å². The fourth-order valence-electron chi connectivity index (χ4n) is 1.90. The molecule has 2 N–H and O–H groups in total. The number of hydrogen-bond donors (Lipinski definition) is 2. The zero-order valence-electron chi connectivity index (χ0n) is 13.1. The van der Waals surface area contributed by atoms with Gasteiger partial charge in [0.1, 0.15) is 11.4 Å². The molecule has 0 spiro atoms. The fourth-order valence-corrected chi connectivity index (χ4v) is 1.90. The quantitative estimate of drug-likeness (QED) is 0.858. The number of carbonyl (C=O) groups is 1. The SMILES string of the molecule is CCC(C)NC(=O)c1cc(Nc2cccc(OC)c2)ccn1. The summed E-state index contributed by atoms with van der Waals surface area (Å²) < 4.78 is 5.19. The molecular weight excluding hydrogens is 278 g/mol. The van der Waals surface area contributed by atoms with Crippen molar-refractivity contribution in [2.45, 2.75) is 26.3 Å². The van der Waals surface area contributed by atoms with E-state index in [0.717, 1.165) is 23.5 Å². The summed E-state index contributed by atoms with van der Waals surface area (Å²) in [5.74, 6) is 0.609. The lowest BCUT2D eigenvalue weighted by Gasteiger charge is -2.12. The van der Waals surface area contributed by atoms with Crippen LogP contribution >= 0.6 is 0 Å². The molecule has 0 aliphatic carbocycles. The van der Waals surface area contributed by atoms with Crippen LogP contribution in [0.2, 0.25) is 0 Å². The first kappa shape index (κ1) is 15.8. The van der Waals surface area contributed by atoms with Crippen LogP contribution in [0.3, 0.4) is 0 Å². The van der Waals surface area contributed by atoms with Crippen LogP contribution in [0, 0.1) is 0 Å². The summed E-state index contributed by atoms with van der Waals surface area (Å²) in [5, 5.41) is 6.15. The summed E-state index contributed by atoms with van der Waals surface area (Å²) in [5.41, 5.74) is 2.09. The van der Waals surface area contributed by atoms with Crippen molar-refractivity contribution >= 4 is 17.3 Å². The number of hydrogen-bond acceptors (Lipinski definition) is 4. The first-order valence-corrected chi connectivity index (χ1v) is 7.30. The van der Waals surface area contributed by atoms with Crippen LogP contribution in [0.1, 0.15) is 30.8 Å². The molecule has 5 heteroatoms. The molecule has 1 atom stereocenters. The third-order valence-corrected chi connectivity index (χ3v) is 3.34. The van der Waals surface area contributed by atoms with Gasteiger partial charge in [-0.3, -0.25) is 9.78 Å². The van der Waals surface area contributed by atoms with E-state index in [-0.39, 0.29) is 11.9 Å². The van der Waals surface area contributed by atoms with Gasteiger partial charge in [-0.25, -0.2) is 0 Å². The van der Waals surface area contributed by atoms with E-state index in [1.807, 2.05) is 44.2 Å². The van der Waals surface area contributed by atoms with Gasteiger partial charge in [-0.2, -0.15) is 0 Å². The molecule has 0 radical (unpaired) electrons. The largest absolute Gasteiger partial charge is 0.497 e. The Bertz CT molecular complexity index is 643. The van der Waals surface area contributed by atoms with Gasteiger partial charge < -0.3 is 15.4 Å². The van der Waals surface area contributed by atoms with E-state index in [1.54, 1.807) is 19.4 Å². The van der Waals surface area contributed by atoms with Gasteiger partial charge >= 0.3 is 0 Å². The maximum atomic E-state index is 12.1. The number of nitrogens with one attached hydrogen (secondary N) is 2. The second-order valence-corrected chi connectivity index (χ2v) is 5.07. The van der Waals surface area contributed by atoms with Gasteiger partial charge in [0.05, 0.1) is 7.11 Å². The third-order valence-electron chi connectivity index (χ3n) is 3.34. The molecule has 116 valence electrons. The van der Waals surface area contributed by atoms with Crippen LogP contribution in [-0.4, -0.2) is 24.0 Å². The van der Waals surface area contributed by atoms with Crippen molar-refractivity contribution in [2.75, 3.05) is 12.4 Å². The number of amides is 1. The Kier molecular flexibility index (Phi) is 5.36. The molecule has 1 aromatic carbocycles. The number of aromatic nitrogens is 1. The average Bonchev–Trinajstić information content (AvgIpc) is 2.55. The molecule has 0 bridgehead atoms. The lowest BCUT2D eigenvalue weighted by Crippen LogP contribution is -2.32. The van der Waals surface area contributed by atoms with E-state index in [9.17, 15) is 4.79 Å². The lowest BCUT2D eigenvalue weighted by molar-refractivity contribution is 0.0934. The predicted molar refractivity (Wildman–Crippen MR) is 87.7 cm³/mol. The van der Waals surface area contributed by atoms with Gasteiger partial charge in [-0.05, 0) is 37.6 Å². The normalized spacial score (nSPS) is 11.6.